The van der Waals surface area contributed by atoms with Crippen molar-refractivity contribution in [3.05, 3.63) is 5.82 Å². The van der Waals surface area contributed by atoms with Gasteiger partial charge in [0.05, 0.1) is 0 Å². The van der Waals surface area contributed by atoms with E-state index in [2.05, 4.69) is 48.3 Å². The van der Waals surface area contributed by atoms with Crippen LogP contribution in [-0.4, -0.2) is 20.6 Å². The van der Waals surface area contributed by atoms with Crippen molar-refractivity contribution in [3.8, 4) is 0 Å². The third kappa shape index (κ3) is 8.28. The van der Waals surface area contributed by atoms with Gasteiger partial charge < -0.3 is 0 Å². The molecule has 0 saturated heterocycles. The maximum absolute atomic E-state index is 4.00. The van der Waals surface area contributed by atoms with E-state index < -0.39 is 0 Å². The average Bonchev–Trinajstić information content (AvgIpc) is 2.89. The zero-order chi connectivity index (χ0) is 14.8. The van der Waals surface area contributed by atoms with Gasteiger partial charge in [0.1, 0.15) is 0 Å². The monoisotopic (exact) mass is 280 g/mol. The van der Waals surface area contributed by atoms with E-state index in [0.717, 1.165) is 30.0 Å². The van der Waals surface area contributed by atoms with Crippen LogP contribution in [0, 0.1) is 17.8 Å². The van der Waals surface area contributed by atoms with Crippen LogP contribution in [0.4, 0.5) is 0 Å². The lowest BCUT2D eigenvalue weighted by Crippen LogP contribution is -2.02. The molecule has 2 atom stereocenters. The molecule has 1 heterocycles. The molecule has 1 aromatic rings. The number of nitrogens with zero attached hydrogens (tertiary/aromatic N) is 3. The molecule has 0 radical (unpaired) electrons. The first-order valence-electron chi connectivity index (χ1n) is 8.30. The summed E-state index contributed by atoms with van der Waals surface area (Å²) in [5.41, 5.74) is 0. The van der Waals surface area contributed by atoms with E-state index in [-0.39, 0.29) is 0 Å². The number of hydrogen-bond acceptors (Lipinski definition) is 3. The maximum Gasteiger partial charge on any atom is 0.174 e. The Morgan fingerprint density at radius 2 is 1.45 bits per heavy atom. The Hall–Kier alpha value is -0.930. The highest BCUT2D eigenvalue weighted by molar-refractivity contribution is 4.76. The molecule has 1 aromatic heterocycles. The number of aromatic amines is 1. The van der Waals surface area contributed by atoms with Crippen molar-refractivity contribution >= 4 is 0 Å². The van der Waals surface area contributed by atoms with E-state index in [1.54, 1.807) is 0 Å². The number of H-pyrrole nitrogens is 1. The number of hydrogen-bond donors (Lipinski definition) is 1. The first-order valence-corrected chi connectivity index (χ1v) is 8.30. The lowest BCUT2D eigenvalue weighted by molar-refractivity contribution is 0.391. The van der Waals surface area contributed by atoms with Crippen LogP contribution < -0.4 is 0 Å². The van der Waals surface area contributed by atoms with Gasteiger partial charge in [0.25, 0.3) is 0 Å². The van der Waals surface area contributed by atoms with Gasteiger partial charge in [0, 0.05) is 6.42 Å². The minimum absolute atomic E-state index is 0.761. The van der Waals surface area contributed by atoms with Crippen molar-refractivity contribution in [3.63, 3.8) is 0 Å². The van der Waals surface area contributed by atoms with Crippen LogP contribution in [0.15, 0.2) is 0 Å². The molecule has 1 rings (SSSR count). The molecule has 1 N–H and O–H groups in total. The summed E-state index contributed by atoms with van der Waals surface area (Å²) in [6.07, 6.45) is 10.4. The summed E-state index contributed by atoms with van der Waals surface area (Å²) in [6.45, 7) is 9.37. The fourth-order valence-corrected chi connectivity index (χ4v) is 2.64. The Bertz CT molecular complexity index is 321. The van der Waals surface area contributed by atoms with Gasteiger partial charge in [0.15, 0.2) is 5.82 Å². The number of rotatable bonds is 11. The summed E-state index contributed by atoms with van der Waals surface area (Å²) in [7, 11) is 0. The van der Waals surface area contributed by atoms with E-state index in [0.29, 0.717) is 0 Å². The van der Waals surface area contributed by atoms with Crippen molar-refractivity contribution < 1.29 is 0 Å². The van der Waals surface area contributed by atoms with Crippen LogP contribution in [0.1, 0.15) is 78.5 Å². The number of tetrazole rings is 1. The average molecular weight is 280 g/mol. The second-order valence-electron chi connectivity index (χ2n) is 6.83. The lowest BCUT2D eigenvalue weighted by atomic mass is 9.92. The van der Waals surface area contributed by atoms with Gasteiger partial charge in [0.2, 0.25) is 0 Å². The summed E-state index contributed by atoms with van der Waals surface area (Å²) >= 11 is 0. The van der Waals surface area contributed by atoms with Crippen molar-refractivity contribution in [2.24, 2.45) is 17.8 Å². The molecule has 4 nitrogen and oxygen atoms in total. The smallest absolute Gasteiger partial charge is 0.174 e. The molecule has 0 aliphatic heterocycles. The largest absolute Gasteiger partial charge is 0.177 e. The zero-order valence-electron chi connectivity index (χ0n) is 13.7. The van der Waals surface area contributed by atoms with E-state index in [4.69, 9.17) is 0 Å². The molecule has 0 amide bonds. The summed E-state index contributed by atoms with van der Waals surface area (Å²) in [6, 6.07) is 0. The van der Waals surface area contributed by atoms with E-state index in [1.165, 1.54) is 44.9 Å². The fourth-order valence-electron chi connectivity index (χ4n) is 2.64. The molecular weight excluding hydrogens is 248 g/mol. The van der Waals surface area contributed by atoms with Crippen molar-refractivity contribution in [2.75, 3.05) is 0 Å². The summed E-state index contributed by atoms with van der Waals surface area (Å²) in [5, 5.41) is 14.1. The van der Waals surface area contributed by atoms with Crippen molar-refractivity contribution in [2.45, 2.75) is 79.1 Å². The van der Waals surface area contributed by atoms with Crippen LogP contribution in [0.2, 0.25) is 0 Å². The van der Waals surface area contributed by atoms with Crippen LogP contribution in [-0.2, 0) is 6.42 Å². The van der Waals surface area contributed by atoms with Gasteiger partial charge in [-0.3, -0.25) is 0 Å². The standard InChI is InChI=1S/C16H32N4/c1-13(2)7-5-8-14(3)9-6-10-15(4)11-12-16-17-19-20-18-16/h13-15H,5-12H2,1-4H3,(H,17,18,19,20). The summed E-state index contributed by atoms with van der Waals surface area (Å²) in [4.78, 5) is 0. The van der Waals surface area contributed by atoms with Crippen LogP contribution >= 0.6 is 0 Å². The van der Waals surface area contributed by atoms with Gasteiger partial charge in [-0.2, -0.15) is 5.21 Å². The quantitative estimate of drug-likeness (QED) is 0.653. The second kappa shape index (κ2) is 9.89. The normalized spacial score (nSPS) is 14.7. The third-order valence-electron chi connectivity index (χ3n) is 4.12. The van der Waals surface area contributed by atoms with E-state index in [1.807, 2.05) is 0 Å². The molecule has 0 aliphatic carbocycles. The maximum atomic E-state index is 4.00. The van der Waals surface area contributed by atoms with E-state index >= 15 is 0 Å². The van der Waals surface area contributed by atoms with Crippen LogP contribution in [0.3, 0.4) is 0 Å². The molecule has 2 unspecified atom stereocenters. The predicted octanol–water partition coefficient (Wildman–Crippen LogP) is 4.40. The van der Waals surface area contributed by atoms with Gasteiger partial charge in [-0.1, -0.05) is 71.4 Å². The highest BCUT2D eigenvalue weighted by atomic mass is 15.5. The Balaban J connectivity index is 1.99. The zero-order valence-corrected chi connectivity index (χ0v) is 13.7. The molecule has 4 heteroatoms. The first kappa shape index (κ1) is 17.1. The van der Waals surface area contributed by atoms with E-state index in [9.17, 15) is 0 Å². The van der Waals surface area contributed by atoms with Crippen molar-refractivity contribution in [1.29, 1.82) is 0 Å². The fraction of sp³-hybridized carbons (Fsp3) is 0.938. The lowest BCUT2D eigenvalue weighted by Gasteiger charge is -2.14. The van der Waals surface area contributed by atoms with Gasteiger partial charge in [-0.05, 0) is 24.2 Å². The SMILES string of the molecule is CC(C)CCCC(C)CCCC(C)CCc1nn[nH]n1. The minimum Gasteiger partial charge on any atom is -0.177 e. The highest BCUT2D eigenvalue weighted by Gasteiger charge is 2.08. The predicted molar refractivity (Wildman–Crippen MR) is 83.4 cm³/mol. The molecule has 20 heavy (non-hydrogen) atoms. The molecular formula is C16H32N4. The molecule has 116 valence electrons. The first-order chi connectivity index (χ1) is 9.58. The Labute approximate surface area is 124 Å². The van der Waals surface area contributed by atoms with Crippen LogP contribution in [0.25, 0.3) is 0 Å². The third-order valence-corrected chi connectivity index (χ3v) is 4.12. The molecule has 0 spiro atoms. The van der Waals surface area contributed by atoms with Crippen molar-refractivity contribution in [1.82, 2.24) is 20.6 Å². The minimum atomic E-state index is 0.761. The molecule has 0 aromatic carbocycles. The molecule has 0 bridgehead atoms. The molecule has 0 saturated carbocycles. The Morgan fingerprint density at radius 1 is 0.850 bits per heavy atom. The Morgan fingerprint density at radius 3 is 2.00 bits per heavy atom. The van der Waals surface area contributed by atoms with Gasteiger partial charge >= 0.3 is 0 Å². The second-order valence-corrected chi connectivity index (χ2v) is 6.83. The summed E-state index contributed by atoms with van der Waals surface area (Å²) < 4.78 is 0. The molecule has 0 fully saturated rings. The van der Waals surface area contributed by atoms with Gasteiger partial charge in [-0.25, -0.2) is 0 Å². The van der Waals surface area contributed by atoms with Crippen LogP contribution in [0.5, 0.6) is 0 Å². The Kier molecular flexibility index (Phi) is 8.47. The summed E-state index contributed by atoms with van der Waals surface area (Å²) in [5.74, 6) is 3.35. The van der Waals surface area contributed by atoms with Gasteiger partial charge in [-0.15, -0.1) is 10.2 Å². The topological polar surface area (TPSA) is 54.5 Å². The number of nitrogens with one attached hydrogen (secondary N) is 1. The number of aromatic nitrogens is 4. The number of aryl methyl sites for hydroxylation is 1. The molecule has 0 aliphatic rings. The highest BCUT2D eigenvalue weighted by Crippen LogP contribution is 2.20.